The summed E-state index contributed by atoms with van der Waals surface area (Å²) < 4.78 is 3.58. The number of benzene rings is 2. The van der Waals surface area contributed by atoms with Crippen LogP contribution in [0.15, 0.2) is 42.6 Å². The minimum atomic E-state index is -0.108. The highest BCUT2D eigenvalue weighted by molar-refractivity contribution is 6.31. The first kappa shape index (κ1) is 26.5. The number of carbonyl (C=O) groups is 2. The van der Waals surface area contributed by atoms with Gasteiger partial charge in [0.15, 0.2) is 0 Å². The molecule has 5 rings (SSSR count). The molecule has 10 heteroatoms. The van der Waals surface area contributed by atoms with Gasteiger partial charge in [-0.15, -0.1) is 0 Å². The summed E-state index contributed by atoms with van der Waals surface area (Å²) in [5.74, 6) is 1.33. The Morgan fingerprint density at radius 1 is 1.16 bits per heavy atom. The van der Waals surface area contributed by atoms with Crippen molar-refractivity contribution in [2.24, 2.45) is 13.0 Å². The molecule has 38 heavy (non-hydrogen) atoms. The topological polar surface area (TPSA) is 82.5 Å². The molecule has 3 aromatic rings. The maximum Gasteiger partial charge on any atom is 0.258 e. The molecule has 2 aliphatic rings. The van der Waals surface area contributed by atoms with Crippen molar-refractivity contribution in [3.05, 3.63) is 69.9 Å². The Kier molecular flexibility index (Phi) is 7.93. The number of hydrogen-bond donors (Lipinski definition) is 2. The van der Waals surface area contributed by atoms with Crippen LogP contribution in [0.25, 0.3) is 0 Å². The summed E-state index contributed by atoms with van der Waals surface area (Å²) in [7, 11) is 1.86. The molecule has 1 fully saturated rings. The van der Waals surface area contributed by atoms with E-state index in [4.69, 9.17) is 23.4 Å². The van der Waals surface area contributed by atoms with Crippen LogP contribution >= 0.6 is 23.4 Å². The third-order valence-corrected chi connectivity index (χ3v) is 8.01. The number of amides is 2. The lowest BCUT2D eigenvalue weighted by Gasteiger charge is -2.26. The molecule has 2 N–H and O–H groups in total. The zero-order valence-corrected chi connectivity index (χ0v) is 23.1. The lowest BCUT2D eigenvalue weighted by atomic mass is 9.93. The van der Waals surface area contributed by atoms with E-state index in [-0.39, 0.29) is 11.8 Å². The predicted molar refractivity (Wildman–Crippen MR) is 151 cm³/mol. The maximum atomic E-state index is 13.8. The number of halogens is 2. The number of aryl methyl sites for hydroxylation is 2. The number of anilines is 3. The van der Waals surface area contributed by atoms with Crippen LogP contribution in [0.2, 0.25) is 5.02 Å². The Labute approximate surface area is 233 Å². The molecule has 3 heterocycles. The van der Waals surface area contributed by atoms with Gasteiger partial charge >= 0.3 is 0 Å². The third-order valence-electron chi connectivity index (χ3n) is 7.44. The molecule has 0 bridgehead atoms. The molecule has 2 aromatic carbocycles. The van der Waals surface area contributed by atoms with E-state index in [1.165, 1.54) is 0 Å². The van der Waals surface area contributed by atoms with E-state index in [1.54, 1.807) is 21.8 Å². The number of piperidine rings is 1. The van der Waals surface area contributed by atoms with Gasteiger partial charge < -0.3 is 15.5 Å². The van der Waals surface area contributed by atoms with E-state index < -0.39 is 0 Å². The van der Waals surface area contributed by atoms with E-state index >= 15 is 0 Å². The molecule has 1 saturated heterocycles. The number of fused-ring (bicyclic) bond motifs is 2. The molecule has 0 aliphatic carbocycles. The molecular weight excluding hydrogens is 523 g/mol. The van der Waals surface area contributed by atoms with Crippen LogP contribution in [-0.4, -0.2) is 39.1 Å². The fourth-order valence-corrected chi connectivity index (χ4v) is 5.57. The first-order valence-electron chi connectivity index (χ1n) is 12.9. The van der Waals surface area contributed by atoms with Crippen LogP contribution in [0.3, 0.4) is 0 Å². The van der Waals surface area contributed by atoms with E-state index in [0.717, 1.165) is 66.2 Å². The Morgan fingerprint density at radius 3 is 2.71 bits per heavy atom. The van der Waals surface area contributed by atoms with E-state index in [2.05, 4.69) is 15.7 Å². The quantitative estimate of drug-likeness (QED) is 0.390. The van der Waals surface area contributed by atoms with E-state index in [0.29, 0.717) is 36.0 Å². The summed E-state index contributed by atoms with van der Waals surface area (Å²) in [5, 5.41) is 11.3. The number of nitrogens with one attached hydrogen (secondary N) is 2. The number of hydrogen-bond acceptors (Lipinski definition) is 5. The second kappa shape index (κ2) is 11.4. The minimum Gasteiger partial charge on any atom is -0.352 e. The zero-order chi connectivity index (χ0) is 26.8. The highest BCUT2D eigenvalue weighted by Crippen LogP contribution is 2.38. The predicted octanol–water partition coefficient (Wildman–Crippen LogP) is 5.55. The highest BCUT2D eigenvalue weighted by Gasteiger charge is 2.28. The van der Waals surface area contributed by atoms with Gasteiger partial charge in [0.2, 0.25) is 5.91 Å². The van der Waals surface area contributed by atoms with Crippen molar-refractivity contribution < 1.29 is 9.59 Å². The van der Waals surface area contributed by atoms with Gasteiger partial charge in [0.25, 0.3) is 5.91 Å². The summed E-state index contributed by atoms with van der Waals surface area (Å²) in [5.41, 5.74) is 4.84. The molecule has 0 spiro atoms. The molecule has 200 valence electrons. The third kappa shape index (κ3) is 5.82. The first-order valence-corrected chi connectivity index (χ1v) is 13.7. The van der Waals surface area contributed by atoms with Crippen molar-refractivity contribution in [2.45, 2.75) is 45.7 Å². The zero-order valence-electron chi connectivity index (χ0n) is 21.6. The van der Waals surface area contributed by atoms with Crippen LogP contribution in [0.4, 0.5) is 17.2 Å². The van der Waals surface area contributed by atoms with Gasteiger partial charge in [-0.3, -0.25) is 14.3 Å². The fraction of sp³-hybridized carbons (Fsp3) is 0.393. The maximum absolute atomic E-state index is 13.8. The SMILES string of the molecule is Cc1cc(CNC(=O)CCC2CCN(Cl)CC2)ccc1C(=O)N1Cc2cnn(C)c2Nc2cc(Cl)ccc21. The van der Waals surface area contributed by atoms with Gasteiger partial charge in [0.1, 0.15) is 5.82 Å². The summed E-state index contributed by atoms with van der Waals surface area (Å²) in [6, 6.07) is 11.2. The highest BCUT2D eigenvalue weighted by atomic mass is 35.5. The van der Waals surface area contributed by atoms with Gasteiger partial charge in [0.05, 0.1) is 24.1 Å². The Balaban J connectivity index is 1.26. The molecule has 2 aliphatic heterocycles. The van der Waals surface area contributed by atoms with E-state index in [1.807, 2.05) is 48.7 Å². The summed E-state index contributed by atoms with van der Waals surface area (Å²) in [6.45, 7) is 4.51. The summed E-state index contributed by atoms with van der Waals surface area (Å²) in [6.07, 6.45) is 5.26. The van der Waals surface area contributed by atoms with Crippen LogP contribution < -0.4 is 15.5 Å². The normalized spacial score (nSPS) is 15.8. The average Bonchev–Trinajstić information content (AvgIpc) is 3.15. The molecule has 0 atom stereocenters. The van der Waals surface area contributed by atoms with Crippen LogP contribution in [0.1, 0.15) is 52.7 Å². The Bertz CT molecular complexity index is 1350. The molecule has 2 amide bonds. The second-order valence-electron chi connectivity index (χ2n) is 10.1. The number of nitrogens with zero attached hydrogens (tertiary/aromatic N) is 4. The monoisotopic (exact) mass is 554 g/mol. The van der Waals surface area contributed by atoms with Gasteiger partial charge in [-0.05, 0) is 79.3 Å². The number of rotatable bonds is 6. The second-order valence-corrected chi connectivity index (χ2v) is 11.1. The van der Waals surface area contributed by atoms with Gasteiger partial charge in [-0.2, -0.15) is 5.10 Å². The average molecular weight is 556 g/mol. The van der Waals surface area contributed by atoms with Crippen molar-refractivity contribution in [1.29, 1.82) is 0 Å². The van der Waals surface area contributed by atoms with Gasteiger partial charge in [0, 0.05) is 49.3 Å². The lowest BCUT2D eigenvalue weighted by molar-refractivity contribution is -0.121. The molecule has 0 saturated carbocycles. The molecule has 0 radical (unpaired) electrons. The fourth-order valence-electron chi connectivity index (χ4n) is 5.20. The van der Waals surface area contributed by atoms with Crippen molar-refractivity contribution in [1.82, 2.24) is 19.5 Å². The molecular formula is C28H32Cl2N6O2. The van der Waals surface area contributed by atoms with Gasteiger partial charge in [-0.25, -0.2) is 4.42 Å². The molecule has 8 nitrogen and oxygen atoms in total. The standard InChI is InChI=1S/C28H32Cl2N6O2/c1-18-13-20(15-31-26(37)8-4-19-9-11-35(30)12-10-19)3-6-23(18)28(38)36-17-21-16-32-34(2)27(21)33-24-14-22(29)5-7-25(24)36/h3,5-7,13-14,16,19,33H,4,8-12,15,17H2,1-2H3,(H,31,37). The van der Waals surface area contributed by atoms with Crippen LogP contribution in [0, 0.1) is 12.8 Å². The largest absolute Gasteiger partial charge is 0.352 e. The smallest absolute Gasteiger partial charge is 0.258 e. The van der Waals surface area contributed by atoms with Crippen LogP contribution in [-0.2, 0) is 24.9 Å². The molecule has 0 unspecified atom stereocenters. The summed E-state index contributed by atoms with van der Waals surface area (Å²) in [4.78, 5) is 28.0. The number of aromatic nitrogens is 2. The lowest BCUT2D eigenvalue weighted by Crippen LogP contribution is -2.30. The minimum absolute atomic E-state index is 0.0516. The first-order chi connectivity index (χ1) is 18.3. The van der Waals surface area contributed by atoms with Crippen molar-refractivity contribution in [2.75, 3.05) is 23.3 Å². The van der Waals surface area contributed by atoms with Crippen molar-refractivity contribution in [3.63, 3.8) is 0 Å². The van der Waals surface area contributed by atoms with Crippen molar-refractivity contribution >= 4 is 52.4 Å². The Hall–Kier alpha value is -3.07. The summed E-state index contributed by atoms with van der Waals surface area (Å²) >= 11 is 12.3. The van der Waals surface area contributed by atoms with E-state index in [9.17, 15) is 9.59 Å². The number of carbonyl (C=O) groups excluding carboxylic acids is 2. The van der Waals surface area contributed by atoms with Crippen molar-refractivity contribution in [3.8, 4) is 0 Å². The van der Waals surface area contributed by atoms with Gasteiger partial charge in [-0.1, -0.05) is 23.7 Å². The Morgan fingerprint density at radius 2 is 1.95 bits per heavy atom. The molecule has 1 aromatic heterocycles. The van der Waals surface area contributed by atoms with Crippen LogP contribution in [0.5, 0.6) is 0 Å².